The second-order valence-corrected chi connectivity index (χ2v) is 4.96. The van der Waals surface area contributed by atoms with Crippen LogP contribution in [0.2, 0.25) is 0 Å². The van der Waals surface area contributed by atoms with Gasteiger partial charge in [-0.05, 0) is 56.2 Å². The zero-order chi connectivity index (χ0) is 15.4. The number of amides is 1. The Hall–Kier alpha value is -2.49. The molecule has 0 aliphatic heterocycles. The molecule has 0 unspecified atom stereocenters. The molecule has 0 atom stereocenters. The number of nitrogens with one attached hydrogen (secondary N) is 1. The van der Waals surface area contributed by atoms with Gasteiger partial charge in [-0.15, -0.1) is 0 Å². The van der Waals surface area contributed by atoms with Crippen LogP contribution in [0, 0.1) is 13.8 Å². The first-order valence-corrected chi connectivity index (χ1v) is 6.92. The predicted molar refractivity (Wildman–Crippen MR) is 85.9 cm³/mol. The van der Waals surface area contributed by atoms with Crippen molar-refractivity contribution in [3.63, 3.8) is 0 Å². The molecule has 2 rings (SSSR count). The maximum absolute atomic E-state index is 12.4. The topological polar surface area (TPSA) is 64.3 Å². The van der Waals surface area contributed by atoms with Gasteiger partial charge in [0.15, 0.2) is 0 Å². The van der Waals surface area contributed by atoms with Crippen molar-refractivity contribution in [1.29, 1.82) is 0 Å². The molecule has 2 aromatic carbocycles. The molecule has 0 aliphatic carbocycles. The largest absolute Gasteiger partial charge is 0.492 e. The number of aryl methyl sites for hydroxylation is 2. The number of rotatable bonds is 4. The number of nitrogens with two attached hydrogens (primary N) is 1. The van der Waals surface area contributed by atoms with Crippen molar-refractivity contribution in [1.82, 2.24) is 0 Å². The van der Waals surface area contributed by atoms with Gasteiger partial charge in [0, 0.05) is 11.3 Å². The monoisotopic (exact) mass is 284 g/mol. The van der Waals surface area contributed by atoms with Gasteiger partial charge in [0.05, 0.1) is 12.3 Å². The second kappa shape index (κ2) is 6.31. The molecule has 110 valence electrons. The molecule has 2 aromatic rings. The summed E-state index contributed by atoms with van der Waals surface area (Å²) in [6, 6.07) is 11.0. The Kier molecular flexibility index (Phi) is 4.48. The number of benzene rings is 2. The van der Waals surface area contributed by atoms with Crippen LogP contribution in [0.25, 0.3) is 0 Å². The Labute approximate surface area is 124 Å². The van der Waals surface area contributed by atoms with Crippen LogP contribution in [0.3, 0.4) is 0 Å². The molecule has 0 saturated carbocycles. The number of carbonyl (C=O) groups excluding carboxylic acids is 1. The first kappa shape index (κ1) is 14.9. The molecular weight excluding hydrogens is 264 g/mol. The molecule has 0 bridgehead atoms. The van der Waals surface area contributed by atoms with E-state index in [1.54, 1.807) is 12.1 Å². The fourth-order valence-corrected chi connectivity index (χ4v) is 2.08. The van der Waals surface area contributed by atoms with E-state index in [1.807, 2.05) is 45.0 Å². The van der Waals surface area contributed by atoms with Gasteiger partial charge in [-0.2, -0.15) is 0 Å². The maximum Gasteiger partial charge on any atom is 0.256 e. The molecule has 0 radical (unpaired) electrons. The Morgan fingerprint density at radius 1 is 1.19 bits per heavy atom. The SMILES string of the molecule is CCOc1cc(C)ccc1NC(=O)c1cc(N)ccc1C. The van der Waals surface area contributed by atoms with Crippen molar-refractivity contribution in [2.45, 2.75) is 20.8 Å². The van der Waals surface area contributed by atoms with E-state index in [-0.39, 0.29) is 5.91 Å². The van der Waals surface area contributed by atoms with Crippen molar-refractivity contribution in [3.05, 3.63) is 53.1 Å². The van der Waals surface area contributed by atoms with Gasteiger partial charge in [0.1, 0.15) is 5.75 Å². The average molecular weight is 284 g/mol. The van der Waals surface area contributed by atoms with E-state index in [0.717, 1.165) is 11.1 Å². The Balaban J connectivity index is 2.29. The van der Waals surface area contributed by atoms with Crippen LogP contribution >= 0.6 is 0 Å². The lowest BCUT2D eigenvalue weighted by Gasteiger charge is -2.13. The van der Waals surface area contributed by atoms with Crippen molar-refractivity contribution in [2.75, 3.05) is 17.7 Å². The molecule has 0 heterocycles. The van der Waals surface area contributed by atoms with E-state index in [4.69, 9.17) is 10.5 Å². The minimum absolute atomic E-state index is 0.190. The van der Waals surface area contributed by atoms with Gasteiger partial charge >= 0.3 is 0 Å². The van der Waals surface area contributed by atoms with E-state index >= 15 is 0 Å². The average Bonchev–Trinajstić information content (AvgIpc) is 2.44. The molecule has 0 fully saturated rings. The number of hydrogen-bond donors (Lipinski definition) is 2. The Bertz CT molecular complexity index is 666. The van der Waals surface area contributed by atoms with E-state index in [2.05, 4.69) is 5.32 Å². The summed E-state index contributed by atoms with van der Waals surface area (Å²) < 4.78 is 5.57. The predicted octanol–water partition coefficient (Wildman–Crippen LogP) is 3.54. The normalized spacial score (nSPS) is 10.2. The van der Waals surface area contributed by atoms with Crippen LogP contribution in [0.1, 0.15) is 28.4 Å². The molecule has 3 N–H and O–H groups in total. The fourth-order valence-electron chi connectivity index (χ4n) is 2.08. The summed E-state index contributed by atoms with van der Waals surface area (Å²) in [6.45, 7) is 6.32. The maximum atomic E-state index is 12.4. The lowest BCUT2D eigenvalue weighted by Crippen LogP contribution is -2.14. The van der Waals surface area contributed by atoms with E-state index in [9.17, 15) is 4.79 Å². The fraction of sp³-hybridized carbons (Fsp3) is 0.235. The van der Waals surface area contributed by atoms with Gasteiger partial charge in [-0.1, -0.05) is 12.1 Å². The van der Waals surface area contributed by atoms with Gasteiger partial charge in [0.2, 0.25) is 0 Å². The molecule has 1 amide bonds. The van der Waals surface area contributed by atoms with Crippen LogP contribution in [0.15, 0.2) is 36.4 Å². The standard InChI is InChI=1S/C17H20N2O2/c1-4-21-16-9-11(2)5-8-15(16)19-17(20)14-10-13(18)7-6-12(14)3/h5-10H,4,18H2,1-3H3,(H,19,20). The van der Waals surface area contributed by atoms with E-state index < -0.39 is 0 Å². The first-order valence-electron chi connectivity index (χ1n) is 6.92. The summed E-state index contributed by atoms with van der Waals surface area (Å²) in [7, 11) is 0. The molecule has 4 nitrogen and oxygen atoms in total. The quantitative estimate of drug-likeness (QED) is 0.844. The number of ether oxygens (including phenoxy) is 1. The highest BCUT2D eigenvalue weighted by Gasteiger charge is 2.12. The van der Waals surface area contributed by atoms with Crippen molar-refractivity contribution in [3.8, 4) is 5.75 Å². The molecule has 21 heavy (non-hydrogen) atoms. The number of nitrogen functional groups attached to an aromatic ring is 1. The molecule has 4 heteroatoms. The minimum atomic E-state index is -0.190. The summed E-state index contributed by atoms with van der Waals surface area (Å²) in [5.41, 5.74) is 9.51. The smallest absolute Gasteiger partial charge is 0.256 e. The third-order valence-corrected chi connectivity index (χ3v) is 3.19. The summed E-state index contributed by atoms with van der Waals surface area (Å²) >= 11 is 0. The summed E-state index contributed by atoms with van der Waals surface area (Å²) in [5.74, 6) is 0.483. The molecule has 0 aliphatic rings. The zero-order valence-electron chi connectivity index (χ0n) is 12.6. The Morgan fingerprint density at radius 3 is 2.67 bits per heavy atom. The minimum Gasteiger partial charge on any atom is -0.492 e. The highest BCUT2D eigenvalue weighted by molar-refractivity contribution is 6.06. The molecular formula is C17H20N2O2. The third-order valence-electron chi connectivity index (χ3n) is 3.19. The van der Waals surface area contributed by atoms with Crippen LogP contribution in [0.5, 0.6) is 5.75 Å². The first-order chi connectivity index (χ1) is 10.0. The summed E-state index contributed by atoms with van der Waals surface area (Å²) in [5, 5.41) is 2.89. The lowest BCUT2D eigenvalue weighted by molar-refractivity contribution is 0.102. The second-order valence-electron chi connectivity index (χ2n) is 4.96. The number of hydrogen-bond acceptors (Lipinski definition) is 3. The highest BCUT2D eigenvalue weighted by Crippen LogP contribution is 2.26. The highest BCUT2D eigenvalue weighted by atomic mass is 16.5. The van der Waals surface area contributed by atoms with E-state index in [0.29, 0.717) is 29.3 Å². The summed E-state index contributed by atoms with van der Waals surface area (Å²) in [4.78, 5) is 12.4. The number of carbonyl (C=O) groups is 1. The van der Waals surface area contributed by atoms with Crippen LogP contribution < -0.4 is 15.8 Å². The van der Waals surface area contributed by atoms with Crippen LogP contribution in [-0.2, 0) is 0 Å². The Morgan fingerprint density at radius 2 is 1.95 bits per heavy atom. The van der Waals surface area contributed by atoms with Crippen molar-refractivity contribution < 1.29 is 9.53 Å². The van der Waals surface area contributed by atoms with Gasteiger partial charge in [-0.25, -0.2) is 0 Å². The van der Waals surface area contributed by atoms with Crippen molar-refractivity contribution in [2.24, 2.45) is 0 Å². The van der Waals surface area contributed by atoms with Gasteiger partial charge < -0.3 is 15.8 Å². The van der Waals surface area contributed by atoms with Crippen LogP contribution in [-0.4, -0.2) is 12.5 Å². The molecule has 0 saturated heterocycles. The van der Waals surface area contributed by atoms with E-state index in [1.165, 1.54) is 0 Å². The van der Waals surface area contributed by atoms with Crippen molar-refractivity contribution >= 4 is 17.3 Å². The molecule has 0 aromatic heterocycles. The van der Waals surface area contributed by atoms with Crippen LogP contribution in [0.4, 0.5) is 11.4 Å². The molecule has 0 spiro atoms. The zero-order valence-corrected chi connectivity index (χ0v) is 12.6. The number of anilines is 2. The summed E-state index contributed by atoms with van der Waals surface area (Å²) in [6.07, 6.45) is 0. The lowest BCUT2D eigenvalue weighted by atomic mass is 10.1. The third kappa shape index (κ3) is 3.54. The van der Waals surface area contributed by atoms with Gasteiger partial charge in [-0.3, -0.25) is 4.79 Å². The van der Waals surface area contributed by atoms with Gasteiger partial charge in [0.25, 0.3) is 5.91 Å².